The minimum Gasteiger partial charge on any atom is -0.354 e. The van der Waals surface area contributed by atoms with Crippen molar-refractivity contribution in [2.45, 2.75) is 37.2 Å². The summed E-state index contributed by atoms with van der Waals surface area (Å²) in [6.45, 7) is 2.72. The lowest BCUT2D eigenvalue weighted by Gasteiger charge is -2.31. The van der Waals surface area contributed by atoms with Crippen molar-refractivity contribution in [1.29, 1.82) is 0 Å². The summed E-state index contributed by atoms with van der Waals surface area (Å²) in [6.07, 6.45) is 1.18. The maximum Gasteiger partial charge on any atom is 0.243 e. The lowest BCUT2D eigenvalue weighted by atomic mass is 10.0. The average Bonchev–Trinajstić information content (AvgIpc) is 2.86. The highest BCUT2D eigenvalue weighted by Crippen LogP contribution is 2.23. The van der Waals surface area contributed by atoms with Crippen molar-refractivity contribution in [3.05, 3.63) is 101 Å². The van der Waals surface area contributed by atoms with Gasteiger partial charge >= 0.3 is 0 Å². The Balaban J connectivity index is 1.87. The summed E-state index contributed by atoms with van der Waals surface area (Å²) < 4.78 is 13.5. The Labute approximate surface area is 209 Å². The SMILES string of the molecule is CCCNC(=O)[C@H](Cc1ccccc1)N(Cc1ccc(F)cc1)C(=O)CSc1ccc(Cl)cc1. The molecule has 1 atom stereocenters. The van der Waals surface area contributed by atoms with E-state index in [1.165, 1.54) is 23.9 Å². The molecule has 0 saturated carbocycles. The molecular weight excluding hydrogens is 471 g/mol. The quantitative estimate of drug-likeness (QED) is 0.343. The van der Waals surface area contributed by atoms with Crippen molar-refractivity contribution in [2.75, 3.05) is 12.3 Å². The molecule has 0 aromatic heterocycles. The number of carbonyl (C=O) groups is 2. The Bertz CT molecular complexity index is 1060. The van der Waals surface area contributed by atoms with Gasteiger partial charge in [-0.15, -0.1) is 11.8 Å². The minimum absolute atomic E-state index is 0.162. The van der Waals surface area contributed by atoms with Crippen LogP contribution in [-0.2, 0) is 22.6 Å². The molecule has 0 fully saturated rings. The van der Waals surface area contributed by atoms with Crippen LogP contribution in [0, 0.1) is 5.82 Å². The van der Waals surface area contributed by atoms with E-state index in [0.29, 0.717) is 18.0 Å². The highest BCUT2D eigenvalue weighted by atomic mass is 35.5. The Morgan fingerprint density at radius 1 is 0.971 bits per heavy atom. The summed E-state index contributed by atoms with van der Waals surface area (Å²) in [6, 6.07) is 22.2. The number of halogens is 2. The van der Waals surface area contributed by atoms with Gasteiger partial charge in [0.15, 0.2) is 0 Å². The molecule has 178 valence electrons. The Morgan fingerprint density at radius 3 is 2.29 bits per heavy atom. The second-order valence-corrected chi connectivity index (χ2v) is 9.37. The third-order valence-corrected chi connectivity index (χ3v) is 6.51. The van der Waals surface area contributed by atoms with Crippen molar-refractivity contribution < 1.29 is 14.0 Å². The van der Waals surface area contributed by atoms with E-state index < -0.39 is 6.04 Å². The molecule has 2 amide bonds. The molecule has 0 aliphatic heterocycles. The van der Waals surface area contributed by atoms with Crippen LogP contribution in [0.2, 0.25) is 5.02 Å². The monoisotopic (exact) mass is 498 g/mol. The highest BCUT2D eigenvalue weighted by Gasteiger charge is 2.30. The molecule has 0 unspecified atom stereocenters. The van der Waals surface area contributed by atoms with Gasteiger partial charge in [0, 0.05) is 29.4 Å². The molecule has 0 radical (unpaired) electrons. The fraction of sp³-hybridized carbons (Fsp3) is 0.259. The van der Waals surface area contributed by atoms with E-state index in [2.05, 4.69) is 5.32 Å². The molecule has 0 saturated heterocycles. The van der Waals surface area contributed by atoms with E-state index in [-0.39, 0.29) is 29.9 Å². The Hall–Kier alpha value is -2.83. The molecule has 3 aromatic carbocycles. The molecule has 0 heterocycles. The maximum atomic E-state index is 13.5. The number of carbonyl (C=O) groups excluding carboxylic acids is 2. The van der Waals surface area contributed by atoms with Crippen LogP contribution in [-0.4, -0.2) is 35.1 Å². The van der Waals surface area contributed by atoms with Gasteiger partial charge in [-0.1, -0.05) is 61.0 Å². The number of benzene rings is 3. The van der Waals surface area contributed by atoms with Crippen LogP contribution < -0.4 is 5.32 Å². The van der Waals surface area contributed by atoms with Gasteiger partial charge in [-0.25, -0.2) is 4.39 Å². The van der Waals surface area contributed by atoms with Gasteiger partial charge in [-0.3, -0.25) is 9.59 Å². The van der Waals surface area contributed by atoms with Crippen LogP contribution in [0.25, 0.3) is 0 Å². The summed E-state index contributed by atoms with van der Waals surface area (Å²) in [4.78, 5) is 29.2. The summed E-state index contributed by atoms with van der Waals surface area (Å²) in [5, 5.41) is 3.58. The Kier molecular flexibility index (Phi) is 9.98. The second-order valence-electron chi connectivity index (χ2n) is 7.89. The number of rotatable bonds is 11. The van der Waals surface area contributed by atoms with Gasteiger partial charge in [0.2, 0.25) is 11.8 Å². The summed E-state index contributed by atoms with van der Waals surface area (Å²) in [5.41, 5.74) is 1.72. The van der Waals surface area contributed by atoms with Crippen molar-refractivity contribution in [3.8, 4) is 0 Å². The summed E-state index contributed by atoms with van der Waals surface area (Å²) in [5.74, 6) is -0.550. The number of hydrogen-bond donors (Lipinski definition) is 1. The van der Waals surface area contributed by atoms with Gasteiger partial charge in [-0.05, 0) is 53.9 Å². The summed E-state index contributed by atoms with van der Waals surface area (Å²) >= 11 is 7.36. The number of nitrogens with one attached hydrogen (secondary N) is 1. The third kappa shape index (κ3) is 7.89. The van der Waals surface area contributed by atoms with Crippen LogP contribution in [0.15, 0.2) is 83.8 Å². The molecule has 0 aliphatic carbocycles. The average molecular weight is 499 g/mol. The first-order valence-electron chi connectivity index (χ1n) is 11.2. The molecule has 0 bridgehead atoms. The molecule has 34 heavy (non-hydrogen) atoms. The van der Waals surface area contributed by atoms with E-state index in [9.17, 15) is 14.0 Å². The van der Waals surface area contributed by atoms with Crippen LogP contribution in [0.4, 0.5) is 4.39 Å². The van der Waals surface area contributed by atoms with Gasteiger partial charge < -0.3 is 10.2 Å². The predicted octanol–water partition coefficient (Wildman–Crippen LogP) is 5.74. The van der Waals surface area contributed by atoms with E-state index in [4.69, 9.17) is 11.6 Å². The van der Waals surface area contributed by atoms with Gasteiger partial charge in [-0.2, -0.15) is 0 Å². The zero-order valence-corrected chi connectivity index (χ0v) is 20.6. The van der Waals surface area contributed by atoms with E-state index in [1.807, 2.05) is 49.4 Å². The number of thioether (sulfide) groups is 1. The van der Waals surface area contributed by atoms with Gasteiger partial charge in [0.1, 0.15) is 11.9 Å². The second kappa shape index (κ2) is 13.2. The number of amides is 2. The van der Waals surface area contributed by atoms with Crippen LogP contribution in [0.1, 0.15) is 24.5 Å². The number of hydrogen-bond acceptors (Lipinski definition) is 3. The molecular formula is C27H28ClFN2O2S. The maximum absolute atomic E-state index is 13.5. The minimum atomic E-state index is -0.697. The topological polar surface area (TPSA) is 49.4 Å². The van der Waals surface area contributed by atoms with Crippen molar-refractivity contribution >= 4 is 35.2 Å². The lowest BCUT2D eigenvalue weighted by molar-refractivity contribution is -0.139. The standard InChI is InChI=1S/C27H28ClFN2O2S/c1-2-16-30-27(33)25(17-20-6-4-3-5-7-20)31(18-21-8-12-23(29)13-9-21)26(32)19-34-24-14-10-22(28)11-15-24/h3-15,25H,2,16-19H2,1H3,(H,30,33)/t25-/m0/s1. The molecule has 3 aromatic rings. The fourth-order valence-electron chi connectivity index (χ4n) is 3.47. The third-order valence-electron chi connectivity index (χ3n) is 5.26. The normalized spacial score (nSPS) is 11.6. The first-order valence-corrected chi connectivity index (χ1v) is 12.6. The molecule has 0 spiro atoms. The van der Waals surface area contributed by atoms with E-state index in [0.717, 1.165) is 22.4 Å². The lowest BCUT2D eigenvalue weighted by Crippen LogP contribution is -2.51. The Morgan fingerprint density at radius 2 is 1.65 bits per heavy atom. The van der Waals surface area contributed by atoms with E-state index >= 15 is 0 Å². The zero-order chi connectivity index (χ0) is 24.3. The smallest absolute Gasteiger partial charge is 0.243 e. The first-order chi connectivity index (χ1) is 16.5. The fourth-order valence-corrected chi connectivity index (χ4v) is 4.38. The number of nitrogens with zero attached hydrogens (tertiary/aromatic N) is 1. The molecule has 1 N–H and O–H groups in total. The van der Waals surface area contributed by atoms with Crippen LogP contribution >= 0.6 is 23.4 Å². The first kappa shape index (κ1) is 25.8. The predicted molar refractivity (Wildman–Crippen MR) is 136 cm³/mol. The highest BCUT2D eigenvalue weighted by molar-refractivity contribution is 8.00. The van der Waals surface area contributed by atoms with Crippen molar-refractivity contribution in [3.63, 3.8) is 0 Å². The molecule has 4 nitrogen and oxygen atoms in total. The van der Waals surface area contributed by atoms with Crippen LogP contribution in [0.3, 0.4) is 0 Å². The van der Waals surface area contributed by atoms with Crippen molar-refractivity contribution in [2.24, 2.45) is 0 Å². The van der Waals surface area contributed by atoms with E-state index in [1.54, 1.807) is 29.2 Å². The van der Waals surface area contributed by atoms with Gasteiger partial charge in [0.25, 0.3) is 0 Å². The largest absolute Gasteiger partial charge is 0.354 e. The molecule has 3 rings (SSSR count). The van der Waals surface area contributed by atoms with Crippen molar-refractivity contribution in [1.82, 2.24) is 10.2 Å². The zero-order valence-electron chi connectivity index (χ0n) is 19.0. The van der Waals surface area contributed by atoms with Crippen LogP contribution in [0.5, 0.6) is 0 Å². The van der Waals surface area contributed by atoms with Gasteiger partial charge in [0.05, 0.1) is 5.75 Å². The molecule has 7 heteroatoms. The summed E-state index contributed by atoms with van der Waals surface area (Å²) in [7, 11) is 0. The molecule has 0 aliphatic rings.